The molecule has 0 aliphatic rings. The number of Topliss-reactive ketones (excluding diaryl/α,β-unsaturated/α-hetero) is 1. The fourth-order valence-electron chi connectivity index (χ4n) is 1.44. The van der Waals surface area contributed by atoms with Crippen LogP contribution < -0.4 is 0 Å². The molecule has 0 bridgehead atoms. The molecule has 0 fully saturated rings. The van der Waals surface area contributed by atoms with Crippen LogP contribution >= 0.6 is 0 Å². The van der Waals surface area contributed by atoms with Crippen molar-refractivity contribution in [3.63, 3.8) is 0 Å². The van der Waals surface area contributed by atoms with Gasteiger partial charge in [0.05, 0.1) is 0 Å². The molecule has 0 amide bonds. The molecule has 0 radical (unpaired) electrons. The van der Waals surface area contributed by atoms with Crippen LogP contribution in [0.25, 0.3) is 6.08 Å². The van der Waals surface area contributed by atoms with Crippen LogP contribution in [0, 0.1) is 11.8 Å². The Morgan fingerprint density at radius 2 is 1.73 bits per heavy atom. The molecule has 15 heavy (non-hydrogen) atoms. The lowest BCUT2D eigenvalue weighted by Crippen LogP contribution is -2.14. The molecule has 1 atom stereocenters. The lowest BCUT2D eigenvalue weighted by Gasteiger charge is -2.07. The summed E-state index contributed by atoms with van der Waals surface area (Å²) in [6, 6.07) is 10.0. The lowest BCUT2D eigenvalue weighted by atomic mass is 9.96. The van der Waals surface area contributed by atoms with Crippen LogP contribution in [-0.2, 0) is 4.79 Å². The van der Waals surface area contributed by atoms with Gasteiger partial charge in [0.25, 0.3) is 0 Å². The van der Waals surface area contributed by atoms with Gasteiger partial charge in [-0.05, 0) is 5.56 Å². The van der Waals surface area contributed by atoms with Crippen molar-refractivity contribution in [2.24, 2.45) is 11.8 Å². The average molecular weight is 202 g/mol. The molecule has 0 spiro atoms. The van der Waals surface area contributed by atoms with E-state index in [4.69, 9.17) is 0 Å². The van der Waals surface area contributed by atoms with Crippen molar-refractivity contribution in [1.29, 1.82) is 0 Å². The summed E-state index contributed by atoms with van der Waals surface area (Å²) < 4.78 is 0. The molecule has 1 nitrogen and oxygen atoms in total. The second-order valence-electron chi connectivity index (χ2n) is 4.12. The molecule has 0 aromatic heterocycles. The zero-order chi connectivity index (χ0) is 11.3. The Labute approximate surface area is 91.8 Å². The highest BCUT2D eigenvalue weighted by Gasteiger charge is 2.12. The molecule has 1 aromatic rings. The van der Waals surface area contributed by atoms with Crippen molar-refractivity contribution in [3.05, 3.63) is 42.0 Å². The van der Waals surface area contributed by atoms with Crippen molar-refractivity contribution in [2.75, 3.05) is 0 Å². The van der Waals surface area contributed by atoms with E-state index in [9.17, 15) is 4.79 Å². The average Bonchev–Trinajstić information content (AvgIpc) is 2.26. The molecule has 80 valence electrons. The summed E-state index contributed by atoms with van der Waals surface area (Å²) in [5.74, 6) is 0.410. The molecule has 0 saturated carbocycles. The van der Waals surface area contributed by atoms with Gasteiger partial charge >= 0.3 is 0 Å². The first-order chi connectivity index (χ1) is 7.11. The van der Waals surface area contributed by atoms with Crippen LogP contribution in [0.2, 0.25) is 0 Å². The number of carbonyl (C=O) groups excluding carboxylic acids is 1. The van der Waals surface area contributed by atoms with Crippen LogP contribution in [0.3, 0.4) is 0 Å². The fraction of sp³-hybridized carbons (Fsp3) is 0.357. The molecule has 0 aliphatic carbocycles. The van der Waals surface area contributed by atoms with E-state index < -0.39 is 0 Å². The van der Waals surface area contributed by atoms with E-state index in [2.05, 4.69) is 0 Å². The predicted molar refractivity (Wildman–Crippen MR) is 64.5 cm³/mol. The SMILES string of the molecule is CC(C)C(=O)C(C)/C=C/c1ccccc1. The Bertz CT molecular complexity index is 336. The maximum absolute atomic E-state index is 11.6. The first-order valence-electron chi connectivity index (χ1n) is 5.38. The Hall–Kier alpha value is -1.37. The zero-order valence-electron chi connectivity index (χ0n) is 9.60. The Kier molecular flexibility index (Phi) is 4.29. The first-order valence-corrected chi connectivity index (χ1v) is 5.38. The molecule has 0 N–H and O–H groups in total. The number of carbonyl (C=O) groups is 1. The molecule has 0 aliphatic heterocycles. The third-order valence-electron chi connectivity index (χ3n) is 2.39. The van der Waals surface area contributed by atoms with E-state index >= 15 is 0 Å². The van der Waals surface area contributed by atoms with E-state index in [0.717, 1.165) is 5.56 Å². The van der Waals surface area contributed by atoms with Crippen molar-refractivity contribution < 1.29 is 4.79 Å². The van der Waals surface area contributed by atoms with Gasteiger partial charge in [0.2, 0.25) is 0 Å². The summed E-state index contributed by atoms with van der Waals surface area (Å²) in [4.78, 5) is 11.6. The fourth-order valence-corrected chi connectivity index (χ4v) is 1.44. The molecule has 1 heteroatoms. The number of benzene rings is 1. The Balaban J connectivity index is 2.62. The maximum Gasteiger partial charge on any atom is 0.141 e. The van der Waals surface area contributed by atoms with Gasteiger partial charge in [-0.3, -0.25) is 4.79 Å². The molecule has 1 rings (SSSR count). The van der Waals surface area contributed by atoms with E-state index in [1.54, 1.807) is 0 Å². The van der Waals surface area contributed by atoms with E-state index in [0.29, 0.717) is 5.78 Å². The van der Waals surface area contributed by atoms with Crippen LogP contribution in [-0.4, -0.2) is 5.78 Å². The summed E-state index contributed by atoms with van der Waals surface area (Å²) in [7, 11) is 0. The Morgan fingerprint density at radius 1 is 1.13 bits per heavy atom. The topological polar surface area (TPSA) is 17.1 Å². The summed E-state index contributed by atoms with van der Waals surface area (Å²) >= 11 is 0. The van der Waals surface area contributed by atoms with Gasteiger partial charge in [-0.15, -0.1) is 0 Å². The van der Waals surface area contributed by atoms with E-state index in [1.165, 1.54) is 0 Å². The monoisotopic (exact) mass is 202 g/mol. The summed E-state index contributed by atoms with van der Waals surface area (Å²) in [5, 5.41) is 0. The molecule has 1 unspecified atom stereocenters. The lowest BCUT2D eigenvalue weighted by molar-refractivity contribution is -0.123. The van der Waals surface area contributed by atoms with Crippen molar-refractivity contribution in [2.45, 2.75) is 20.8 Å². The van der Waals surface area contributed by atoms with Crippen LogP contribution in [0.5, 0.6) is 0 Å². The smallest absolute Gasteiger partial charge is 0.141 e. The van der Waals surface area contributed by atoms with Crippen molar-refractivity contribution in [3.8, 4) is 0 Å². The number of hydrogen-bond acceptors (Lipinski definition) is 1. The normalized spacial score (nSPS) is 13.3. The Morgan fingerprint density at radius 3 is 2.27 bits per heavy atom. The van der Waals surface area contributed by atoms with Crippen LogP contribution in [0.4, 0.5) is 0 Å². The highest BCUT2D eigenvalue weighted by Crippen LogP contribution is 2.10. The highest BCUT2D eigenvalue weighted by molar-refractivity contribution is 5.84. The number of rotatable bonds is 4. The molecular weight excluding hydrogens is 184 g/mol. The minimum absolute atomic E-state index is 0.00482. The molecule has 0 heterocycles. The van der Waals surface area contributed by atoms with E-state index in [-0.39, 0.29) is 11.8 Å². The first kappa shape index (κ1) is 11.7. The second kappa shape index (κ2) is 5.50. The van der Waals surface area contributed by atoms with Gasteiger partial charge in [-0.2, -0.15) is 0 Å². The minimum atomic E-state index is 0.00482. The van der Waals surface area contributed by atoms with Gasteiger partial charge in [-0.1, -0.05) is 63.3 Å². The second-order valence-corrected chi connectivity index (χ2v) is 4.12. The maximum atomic E-state index is 11.6. The van der Waals surface area contributed by atoms with E-state index in [1.807, 2.05) is 63.3 Å². The third-order valence-corrected chi connectivity index (χ3v) is 2.39. The predicted octanol–water partition coefficient (Wildman–Crippen LogP) is 3.56. The minimum Gasteiger partial charge on any atom is -0.299 e. The molecular formula is C14H18O. The molecule has 1 aromatic carbocycles. The quantitative estimate of drug-likeness (QED) is 0.729. The largest absolute Gasteiger partial charge is 0.299 e. The molecule has 0 saturated heterocycles. The van der Waals surface area contributed by atoms with Gasteiger partial charge in [0.1, 0.15) is 5.78 Å². The van der Waals surface area contributed by atoms with Crippen LogP contribution in [0.1, 0.15) is 26.3 Å². The van der Waals surface area contributed by atoms with Crippen molar-refractivity contribution in [1.82, 2.24) is 0 Å². The van der Waals surface area contributed by atoms with Gasteiger partial charge in [0.15, 0.2) is 0 Å². The standard InChI is InChI=1S/C14H18O/c1-11(2)14(15)12(3)9-10-13-7-5-4-6-8-13/h4-12H,1-3H3/b10-9+. The van der Waals surface area contributed by atoms with Crippen LogP contribution in [0.15, 0.2) is 36.4 Å². The number of hydrogen-bond donors (Lipinski definition) is 0. The number of ketones is 1. The highest BCUT2D eigenvalue weighted by atomic mass is 16.1. The van der Waals surface area contributed by atoms with Gasteiger partial charge in [0, 0.05) is 11.8 Å². The summed E-state index contributed by atoms with van der Waals surface area (Å²) in [5.41, 5.74) is 1.14. The summed E-state index contributed by atoms with van der Waals surface area (Å²) in [6.45, 7) is 5.83. The third kappa shape index (κ3) is 3.70. The number of allylic oxidation sites excluding steroid dienone is 1. The van der Waals surface area contributed by atoms with Crippen molar-refractivity contribution >= 4 is 11.9 Å². The zero-order valence-corrected chi connectivity index (χ0v) is 9.60. The summed E-state index contributed by atoms with van der Waals surface area (Å²) in [6.07, 6.45) is 3.97. The van der Waals surface area contributed by atoms with Gasteiger partial charge < -0.3 is 0 Å². The van der Waals surface area contributed by atoms with Gasteiger partial charge in [-0.25, -0.2) is 0 Å².